The van der Waals surface area contributed by atoms with Crippen molar-refractivity contribution in [2.75, 3.05) is 13.1 Å². The molecule has 1 saturated heterocycles. The lowest BCUT2D eigenvalue weighted by molar-refractivity contribution is 0.0704. The van der Waals surface area contributed by atoms with Crippen molar-refractivity contribution in [2.45, 2.75) is 32.0 Å². The fourth-order valence-electron chi connectivity index (χ4n) is 3.55. The number of carbonyl (C=O) groups excluding carboxylic acids is 1. The topological polar surface area (TPSA) is 67.6 Å². The standard InChI is InChI=1S/C23H25N3O3/c27-23(20-9-13-28-17-20)26-11-7-21(8-12-26)25-15-19-5-1-2-6-22(19)29-16-18-4-3-10-24-14-18/h1-6,9-10,13-14,17,21,25H,7-8,11-12,15-16H2. The van der Waals surface area contributed by atoms with Crippen molar-refractivity contribution in [3.63, 3.8) is 0 Å². The minimum Gasteiger partial charge on any atom is -0.489 e. The average molecular weight is 391 g/mol. The van der Waals surface area contributed by atoms with Crippen LogP contribution in [0.1, 0.15) is 34.3 Å². The van der Waals surface area contributed by atoms with E-state index < -0.39 is 0 Å². The van der Waals surface area contributed by atoms with E-state index in [0.29, 0.717) is 18.2 Å². The Hall–Kier alpha value is -3.12. The summed E-state index contributed by atoms with van der Waals surface area (Å²) < 4.78 is 11.0. The number of piperidine rings is 1. The maximum absolute atomic E-state index is 12.4. The van der Waals surface area contributed by atoms with Crippen molar-refractivity contribution < 1.29 is 13.9 Å². The molecule has 0 radical (unpaired) electrons. The Morgan fingerprint density at radius 2 is 2.03 bits per heavy atom. The predicted octanol–water partition coefficient (Wildman–Crippen LogP) is 3.65. The molecule has 150 valence electrons. The highest BCUT2D eigenvalue weighted by Gasteiger charge is 2.24. The zero-order chi connectivity index (χ0) is 19.9. The van der Waals surface area contributed by atoms with Gasteiger partial charge in [-0.15, -0.1) is 0 Å². The molecule has 1 fully saturated rings. The van der Waals surface area contributed by atoms with Crippen molar-refractivity contribution in [3.8, 4) is 5.75 Å². The Morgan fingerprint density at radius 3 is 2.79 bits per heavy atom. The van der Waals surface area contributed by atoms with Crippen LogP contribution in [-0.4, -0.2) is 34.9 Å². The van der Waals surface area contributed by atoms with Gasteiger partial charge in [0.15, 0.2) is 0 Å². The highest BCUT2D eigenvalue weighted by Crippen LogP contribution is 2.21. The number of pyridine rings is 1. The van der Waals surface area contributed by atoms with Gasteiger partial charge in [0, 0.05) is 49.2 Å². The van der Waals surface area contributed by atoms with E-state index in [4.69, 9.17) is 9.15 Å². The summed E-state index contributed by atoms with van der Waals surface area (Å²) in [6.07, 6.45) is 8.49. The van der Waals surface area contributed by atoms with Gasteiger partial charge in [0.05, 0.1) is 11.8 Å². The van der Waals surface area contributed by atoms with E-state index in [9.17, 15) is 4.79 Å². The first kappa shape index (κ1) is 19.2. The Morgan fingerprint density at radius 1 is 1.17 bits per heavy atom. The normalized spacial score (nSPS) is 14.7. The molecular weight excluding hydrogens is 366 g/mol. The van der Waals surface area contributed by atoms with Gasteiger partial charge in [-0.1, -0.05) is 24.3 Å². The van der Waals surface area contributed by atoms with Crippen LogP contribution < -0.4 is 10.1 Å². The molecule has 6 nitrogen and oxygen atoms in total. The number of hydrogen-bond acceptors (Lipinski definition) is 5. The Labute approximate surface area is 170 Å². The molecule has 1 amide bonds. The molecule has 0 bridgehead atoms. The Bertz CT molecular complexity index is 904. The zero-order valence-electron chi connectivity index (χ0n) is 16.3. The largest absolute Gasteiger partial charge is 0.489 e. The molecule has 0 saturated carbocycles. The fourth-order valence-corrected chi connectivity index (χ4v) is 3.55. The number of ether oxygens (including phenoxy) is 1. The molecule has 4 rings (SSSR count). The molecule has 3 aromatic rings. The number of likely N-dealkylation sites (tertiary alicyclic amines) is 1. The van der Waals surface area contributed by atoms with Crippen LogP contribution in [0.2, 0.25) is 0 Å². The number of amides is 1. The van der Waals surface area contributed by atoms with Crippen LogP contribution in [-0.2, 0) is 13.2 Å². The van der Waals surface area contributed by atoms with E-state index in [0.717, 1.165) is 49.4 Å². The maximum Gasteiger partial charge on any atom is 0.257 e. The number of nitrogens with zero attached hydrogens (tertiary/aromatic N) is 2. The summed E-state index contributed by atoms with van der Waals surface area (Å²) in [5.41, 5.74) is 2.80. The van der Waals surface area contributed by atoms with Gasteiger partial charge in [-0.05, 0) is 31.0 Å². The summed E-state index contributed by atoms with van der Waals surface area (Å²) in [4.78, 5) is 18.4. The summed E-state index contributed by atoms with van der Waals surface area (Å²) in [5, 5.41) is 3.62. The lowest BCUT2D eigenvalue weighted by Crippen LogP contribution is -2.44. The van der Waals surface area contributed by atoms with Gasteiger partial charge in [0.1, 0.15) is 18.6 Å². The Kier molecular flexibility index (Phi) is 6.22. The average Bonchev–Trinajstić information content (AvgIpc) is 3.32. The number of benzene rings is 1. The molecule has 1 aliphatic heterocycles. The van der Waals surface area contributed by atoms with Gasteiger partial charge >= 0.3 is 0 Å². The second-order valence-corrected chi connectivity index (χ2v) is 7.22. The van der Waals surface area contributed by atoms with Crippen LogP contribution in [0.4, 0.5) is 0 Å². The molecule has 0 unspecified atom stereocenters. The summed E-state index contributed by atoms with van der Waals surface area (Å²) in [6.45, 7) is 2.74. The van der Waals surface area contributed by atoms with Crippen molar-refractivity contribution in [3.05, 3.63) is 84.1 Å². The molecular formula is C23H25N3O3. The highest BCUT2D eigenvalue weighted by molar-refractivity contribution is 5.93. The minimum atomic E-state index is 0.0475. The highest BCUT2D eigenvalue weighted by atomic mass is 16.5. The van der Waals surface area contributed by atoms with Crippen LogP contribution in [0.5, 0.6) is 5.75 Å². The second kappa shape index (κ2) is 9.39. The second-order valence-electron chi connectivity index (χ2n) is 7.22. The predicted molar refractivity (Wildman–Crippen MR) is 109 cm³/mol. The van der Waals surface area contributed by atoms with Gasteiger partial charge in [-0.2, -0.15) is 0 Å². The monoisotopic (exact) mass is 391 g/mol. The first-order valence-corrected chi connectivity index (χ1v) is 9.94. The maximum atomic E-state index is 12.4. The number of furan rings is 1. The smallest absolute Gasteiger partial charge is 0.257 e. The molecule has 1 aliphatic rings. The SMILES string of the molecule is O=C(c1ccoc1)N1CCC(NCc2ccccc2OCc2cccnc2)CC1. The molecule has 3 heterocycles. The lowest BCUT2D eigenvalue weighted by atomic mass is 10.0. The van der Waals surface area contributed by atoms with E-state index in [1.807, 2.05) is 41.4 Å². The van der Waals surface area contributed by atoms with Gasteiger partial charge in [0.25, 0.3) is 5.91 Å². The molecule has 0 aliphatic carbocycles. The van der Waals surface area contributed by atoms with Crippen molar-refractivity contribution >= 4 is 5.91 Å². The lowest BCUT2D eigenvalue weighted by Gasteiger charge is -2.32. The van der Waals surface area contributed by atoms with Gasteiger partial charge in [-0.25, -0.2) is 0 Å². The van der Waals surface area contributed by atoms with Gasteiger partial charge < -0.3 is 19.4 Å². The zero-order valence-corrected chi connectivity index (χ0v) is 16.3. The van der Waals surface area contributed by atoms with Crippen LogP contribution in [0.25, 0.3) is 0 Å². The third-order valence-electron chi connectivity index (χ3n) is 5.22. The van der Waals surface area contributed by atoms with Crippen LogP contribution in [0.15, 0.2) is 71.8 Å². The Balaban J connectivity index is 1.27. The molecule has 0 atom stereocenters. The van der Waals surface area contributed by atoms with Crippen LogP contribution in [0.3, 0.4) is 0 Å². The van der Waals surface area contributed by atoms with Crippen LogP contribution >= 0.6 is 0 Å². The van der Waals surface area contributed by atoms with Gasteiger partial charge in [0.2, 0.25) is 0 Å². The summed E-state index contributed by atoms with van der Waals surface area (Å²) >= 11 is 0. The molecule has 2 aromatic heterocycles. The molecule has 29 heavy (non-hydrogen) atoms. The number of para-hydroxylation sites is 1. The number of aromatic nitrogens is 1. The summed E-state index contributed by atoms with van der Waals surface area (Å²) in [7, 11) is 0. The quantitative estimate of drug-likeness (QED) is 0.666. The number of carbonyl (C=O) groups is 1. The molecule has 0 spiro atoms. The molecule has 1 N–H and O–H groups in total. The van der Waals surface area contributed by atoms with Crippen molar-refractivity contribution in [2.24, 2.45) is 0 Å². The van der Waals surface area contributed by atoms with Crippen molar-refractivity contribution in [1.29, 1.82) is 0 Å². The van der Waals surface area contributed by atoms with E-state index >= 15 is 0 Å². The molecule has 1 aromatic carbocycles. The number of hydrogen-bond donors (Lipinski definition) is 1. The van der Waals surface area contributed by atoms with E-state index in [1.54, 1.807) is 12.3 Å². The molecule has 6 heteroatoms. The van der Waals surface area contributed by atoms with Crippen molar-refractivity contribution in [1.82, 2.24) is 15.2 Å². The summed E-state index contributed by atoms with van der Waals surface area (Å²) in [6, 6.07) is 14.1. The first-order valence-electron chi connectivity index (χ1n) is 9.94. The van der Waals surface area contributed by atoms with E-state index in [2.05, 4.69) is 16.4 Å². The number of rotatable bonds is 7. The fraction of sp³-hybridized carbons (Fsp3) is 0.304. The van der Waals surface area contributed by atoms with Crippen LogP contribution in [0, 0.1) is 0 Å². The minimum absolute atomic E-state index is 0.0475. The first-order chi connectivity index (χ1) is 14.3. The van der Waals surface area contributed by atoms with Gasteiger partial charge in [-0.3, -0.25) is 9.78 Å². The third-order valence-corrected chi connectivity index (χ3v) is 5.22. The summed E-state index contributed by atoms with van der Waals surface area (Å²) in [5.74, 6) is 0.933. The van der Waals surface area contributed by atoms with E-state index in [-0.39, 0.29) is 5.91 Å². The third kappa shape index (κ3) is 5.03. The van der Waals surface area contributed by atoms with E-state index in [1.165, 1.54) is 12.5 Å². The number of nitrogens with one attached hydrogen (secondary N) is 1.